The van der Waals surface area contributed by atoms with Crippen LogP contribution in [-0.4, -0.2) is 42.5 Å². The number of likely N-dealkylation sites (tertiary alicyclic amines) is 1. The summed E-state index contributed by atoms with van der Waals surface area (Å²) in [5, 5.41) is 2.62. The van der Waals surface area contributed by atoms with Crippen LogP contribution >= 0.6 is 12.2 Å². The fraction of sp³-hybridized carbons (Fsp3) is 0.800. The minimum atomic E-state index is -0.0193. The number of hydrogen-bond donors (Lipinski definition) is 2. The smallest absolute Gasteiger partial charge is 0.233 e. The Hall–Kier alpha value is -0.680. The number of piperidine rings is 1. The van der Waals surface area contributed by atoms with E-state index < -0.39 is 0 Å². The second-order valence-corrected chi connectivity index (χ2v) is 4.81. The topological polar surface area (TPSA) is 58.4 Å². The molecule has 0 aromatic rings. The number of nitrogens with two attached hydrogens (primary N) is 1. The maximum atomic E-state index is 11.2. The first-order valence-electron chi connectivity index (χ1n) is 5.21. The highest BCUT2D eigenvalue weighted by Gasteiger charge is 2.32. The molecule has 0 aliphatic carbocycles. The number of hydrogen-bond acceptors (Lipinski definition) is 3. The van der Waals surface area contributed by atoms with Gasteiger partial charge in [-0.2, -0.15) is 0 Å². The molecule has 4 nitrogen and oxygen atoms in total. The van der Waals surface area contributed by atoms with Crippen LogP contribution < -0.4 is 11.1 Å². The zero-order chi connectivity index (χ0) is 11.5. The Morgan fingerprint density at radius 2 is 2.07 bits per heavy atom. The van der Waals surface area contributed by atoms with Gasteiger partial charge in [-0.15, -0.1) is 0 Å². The molecule has 86 valence electrons. The van der Waals surface area contributed by atoms with E-state index in [0.717, 1.165) is 25.9 Å². The third-order valence-corrected chi connectivity index (χ3v) is 3.69. The molecule has 1 aliphatic heterocycles. The number of carbonyl (C=O) groups is 1. The molecule has 15 heavy (non-hydrogen) atoms. The molecular formula is C10H19N3OS. The average Bonchev–Trinajstić information content (AvgIpc) is 2.21. The van der Waals surface area contributed by atoms with Gasteiger partial charge in [0.15, 0.2) is 0 Å². The quantitative estimate of drug-likeness (QED) is 0.675. The van der Waals surface area contributed by atoms with E-state index in [1.54, 1.807) is 7.05 Å². The van der Waals surface area contributed by atoms with Crippen LogP contribution in [0.2, 0.25) is 0 Å². The molecule has 1 saturated heterocycles. The molecule has 0 bridgehead atoms. The summed E-state index contributed by atoms with van der Waals surface area (Å²) in [5.74, 6) is 0.0638. The standard InChI is InChI=1S/C10H19N3OS/c1-10(9(11)15)3-5-13(6-4-10)7-8(14)12-2/h3-7H2,1-2H3,(H2,11,15)(H,12,14). The molecule has 1 rings (SSSR count). The van der Waals surface area contributed by atoms with Crippen LogP contribution in [0.4, 0.5) is 0 Å². The first-order valence-corrected chi connectivity index (χ1v) is 5.61. The number of nitrogens with zero attached hydrogens (tertiary/aromatic N) is 1. The van der Waals surface area contributed by atoms with Gasteiger partial charge in [0.05, 0.1) is 11.5 Å². The number of carbonyl (C=O) groups excluding carboxylic acids is 1. The SMILES string of the molecule is CNC(=O)CN1CCC(C)(C(N)=S)CC1. The van der Waals surface area contributed by atoms with Crippen molar-refractivity contribution in [3.8, 4) is 0 Å². The molecular weight excluding hydrogens is 210 g/mol. The van der Waals surface area contributed by atoms with Gasteiger partial charge in [0.2, 0.25) is 5.91 Å². The Labute approximate surface area is 96.2 Å². The summed E-state index contributed by atoms with van der Waals surface area (Å²) in [6.07, 6.45) is 1.89. The fourth-order valence-corrected chi connectivity index (χ4v) is 1.94. The molecule has 1 amide bonds. The minimum absolute atomic E-state index is 0.0193. The van der Waals surface area contributed by atoms with Gasteiger partial charge in [-0.25, -0.2) is 0 Å². The van der Waals surface area contributed by atoms with Crippen molar-refractivity contribution in [3.05, 3.63) is 0 Å². The average molecular weight is 229 g/mol. The third-order valence-electron chi connectivity index (χ3n) is 3.20. The molecule has 0 unspecified atom stereocenters. The predicted octanol–water partition coefficient (Wildman–Crippen LogP) is 0.121. The number of thiocarbonyl (C=S) groups is 1. The number of likely N-dealkylation sites (N-methyl/N-ethyl adjacent to an activating group) is 1. The predicted molar refractivity (Wildman–Crippen MR) is 64.6 cm³/mol. The van der Waals surface area contributed by atoms with Crippen LogP contribution in [0, 0.1) is 5.41 Å². The maximum Gasteiger partial charge on any atom is 0.233 e. The van der Waals surface area contributed by atoms with E-state index >= 15 is 0 Å². The molecule has 3 N–H and O–H groups in total. The fourth-order valence-electron chi connectivity index (χ4n) is 1.73. The molecule has 0 aromatic heterocycles. The second-order valence-electron chi connectivity index (χ2n) is 4.37. The number of rotatable bonds is 3. The molecule has 1 aliphatic rings. The highest BCUT2D eigenvalue weighted by molar-refractivity contribution is 7.80. The molecule has 0 atom stereocenters. The van der Waals surface area contributed by atoms with Crippen molar-refractivity contribution in [1.29, 1.82) is 0 Å². The summed E-state index contributed by atoms with van der Waals surface area (Å²) in [6, 6.07) is 0. The molecule has 1 fully saturated rings. The summed E-state index contributed by atoms with van der Waals surface area (Å²) in [7, 11) is 1.66. The Bertz CT molecular complexity index is 259. The normalized spacial score (nSPS) is 20.9. The van der Waals surface area contributed by atoms with Crippen molar-refractivity contribution in [2.24, 2.45) is 11.1 Å². The lowest BCUT2D eigenvalue weighted by Crippen LogP contribution is -2.47. The molecule has 0 aromatic carbocycles. The van der Waals surface area contributed by atoms with Gasteiger partial charge >= 0.3 is 0 Å². The molecule has 0 spiro atoms. The first-order chi connectivity index (χ1) is 6.98. The van der Waals surface area contributed by atoms with Crippen LogP contribution in [0.3, 0.4) is 0 Å². The largest absolute Gasteiger partial charge is 0.393 e. The van der Waals surface area contributed by atoms with E-state index in [1.165, 1.54) is 0 Å². The van der Waals surface area contributed by atoms with E-state index in [9.17, 15) is 4.79 Å². The van der Waals surface area contributed by atoms with Crippen molar-refractivity contribution < 1.29 is 4.79 Å². The maximum absolute atomic E-state index is 11.2. The second kappa shape index (κ2) is 4.90. The Morgan fingerprint density at radius 1 is 1.53 bits per heavy atom. The van der Waals surface area contributed by atoms with E-state index in [2.05, 4.69) is 17.1 Å². The number of nitrogens with one attached hydrogen (secondary N) is 1. The third kappa shape index (κ3) is 3.14. The van der Waals surface area contributed by atoms with Gasteiger partial charge < -0.3 is 11.1 Å². The lowest BCUT2D eigenvalue weighted by molar-refractivity contribution is -0.122. The van der Waals surface area contributed by atoms with Crippen molar-refractivity contribution in [3.63, 3.8) is 0 Å². The summed E-state index contributed by atoms with van der Waals surface area (Å²) >= 11 is 5.06. The monoisotopic (exact) mass is 229 g/mol. The van der Waals surface area contributed by atoms with Gasteiger partial charge in [0.1, 0.15) is 0 Å². The van der Waals surface area contributed by atoms with Crippen molar-refractivity contribution in [2.75, 3.05) is 26.7 Å². The molecule has 1 heterocycles. The number of amides is 1. The van der Waals surface area contributed by atoms with Gasteiger partial charge in [0.25, 0.3) is 0 Å². The van der Waals surface area contributed by atoms with E-state index in [0.29, 0.717) is 11.5 Å². The van der Waals surface area contributed by atoms with E-state index in [-0.39, 0.29) is 11.3 Å². The van der Waals surface area contributed by atoms with Crippen LogP contribution in [-0.2, 0) is 4.79 Å². The van der Waals surface area contributed by atoms with E-state index in [1.807, 2.05) is 0 Å². The van der Waals surface area contributed by atoms with E-state index in [4.69, 9.17) is 18.0 Å². The van der Waals surface area contributed by atoms with Gasteiger partial charge in [-0.05, 0) is 25.9 Å². The van der Waals surface area contributed by atoms with Crippen molar-refractivity contribution in [1.82, 2.24) is 10.2 Å². The van der Waals surface area contributed by atoms with Gasteiger partial charge in [-0.1, -0.05) is 19.1 Å². The lowest BCUT2D eigenvalue weighted by Gasteiger charge is -2.38. The summed E-state index contributed by atoms with van der Waals surface area (Å²) in [4.78, 5) is 13.9. The molecule has 0 radical (unpaired) electrons. The minimum Gasteiger partial charge on any atom is -0.393 e. The van der Waals surface area contributed by atoms with Crippen LogP contribution in [0.5, 0.6) is 0 Å². The Kier molecular flexibility index (Phi) is 4.04. The summed E-state index contributed by atoms with van der Waals surface area (Å²) in [5.41, 5.74) is 5.69. The Morgan fingerprint density at radius 3 is 2.47 bits per heavy atom. The summed E-state index contributed by atoms with van der Waals surface area (Å²) in [6.45, 7) is 4.36. The van der Waals surface area contributed by atoms with Gasteiger partial charge in [-0.3, -0.25) is 9.69 Å². The highest BCUT2D eigenvalue weighted by atomic mass is 32.1. The molecule has 5 heteroatoms. The van der Waals surface area contributed by atoms with Crippen LogP contribution in [0.25, 0.3) is 0 Å². The Balaban J connectivity index is 2.42. The zero-order valence-corrected chi connectivity index (χ0v) is 10.2. The van der Waals surface area contributed by atoms with Crippen LogP contribution in [0.1, 0.15) is 19.8 Å². The molecule has 0 saturated carbocycles. The summed E-state index contributed by atoms with van der Waals surface area (Å²) < 4.78 is 0. The lowest BCUT2D eigenvalue weighted by atomic mass is 9.80. The van der Waals surface area contributed by atoms with Gasteiger partial charge in [0, 0.05) is 12.5 Å². The zero-order valence-electron chi connectivity index (χ0n) is 9.38. The van der Waals surface area contributed by atoms with Crippen LogP contribution in [0.15, 0.2) is 0 Å². The van der Waals surface area contributed by atoms with Crippen molar-refractivity contribution >= 4 is 23.1 Å². The highest BCUT2D eigenvalue weighted by Crippen LogP contribution is 2.30. The first kappa shape index (κ1) is 12.4. The van der Waals surface area contributed by atoms with Crippen molar-refractivity contribution in [2.45, 2.75) is 19.8 Å².